The van der Waals surface area contributed by atoms with Crippen molar-refractivity contribution < 1.29 is 4.84 Å². The summed E-state index contributed by atoms with van der Waals surface area (Å²) in [7, 11) is 1.70. The van der Waals surface area contributed by atoms with Crippen molar-refractivity contribution in [3.05, 3.63) is 0 Å². The molecule has 1 N–H and O–H groups in total. The fourth-order valence-electron chi connectivity index (χ4n) is 1.76. The lowest BCUT2D eigenvalue weighted by atomic mass is 10.1. The second-order valence-electron chi connectivity index (χ2n) is 3.38. The molecule has 1 rings (SSSR count). The zero-order valence-corrected chi connectivity index (χ0v) is 8.18. The first-order valence-electron chi connectivity index (χ1n) is 4.87. The summed E-state index contributed by atoms with van der Waals surface area (Å²) >= 11 is 0. The van der Waals surface area contributed by atoms with Crippen molar-refractivity contribution in [1.29, 1.82) is 0 Å². The summed E-state index contributed by atoms with van der Waals surface area (Å²) in [4.78, 5) is 7.43. The Bertz CT molecular complexity index is 119. The first-order valence-corrected chi connectivity index (χ1v) is 4.87. The Morgan fingerprint density at radius 3 is 2.92 bits per heavy atom. The van der Waals surface area contributed by atoms with Crippen molar-refractivity contribution in [1.82, 2.24) is 10.4 Å². The van der Waals surface area contributed by atoms with Gasteiger partial charge in [0, 0.05) is 6.04 Å². The van der Waals surface area contributed by atoms with E-state index in [0.29, 0.717) is 6.04 Å². The maximum atomic E-state index is 4.94. The third-order valence-corrected chi connectivity index (χ3v) is 2.55. The molecule has 0 bridgehead atoms. The molecule has 0 aromatic carbocycles. The summed E-state index contributed by atoms with van der Waals surface area (Å²) in [6.07, 6.45) is 3.74. The molecule has 0 spiro atoms. The predicted molar refractivity (Wildman–Crippen MR) is 49.9 cm³/mol. The average Bonchev–Trinajstić information content (AvgIpc) is 2.31. The summed E-state index contributed by atoms with van der Waals surface area (Å²) in [5.41, 5.74) is 3.04. The molecule has 3 heteroatoms. The van der Waals surface area contributed by atoms with Crippen molar-refractivity contribution in [3.8, 4) is 0 Å². The molecule has 1 heterocycles. The van der Waals surface area contributed by atoms with Crippen LogP contribution in [0.25, 0.3) is 0 Å². The average molecular weight is 172 g/mol. The van der Waals surface area contributed by atoms with Gasteiger partial charge in [0.1, 0.15) is 0 Å². The van der Waals surface area contributed by atoms with Crippen LogP contribution in [0.5, 0.6) is 0 Å². The van der Waals surface area contributed by atoms with Crippen LogP contribution in [0.2, 0.25) is 0 Å². The number of hydrogen-bond donors (Lipinski definition) is 1. The Kier molecular flexibility index (Phi) is 4.58. The van der Waals surface area contributed by atoms with Crippen molar-refractivity contribution >= 4 is 0 Å². The number of nitrogens with zero attached hydrogens (tertiary/aromatic N) is 1. The van der Waals surface area contributed by atoms with Gasteiger partial charge in [-0.15, -0.1) is 0 Å². The van der Waals surface area contributed by atoms with Gasteiger partial charge in [-0.25, -0.2) is 0 Å². The van der Waals surface area contributed by atoms with Crippen molar-refractivity contribution in [2.45, 2.75) is 32.2 Å². The minimum Gasteiger partial charge on any atom is -0.305 e. The highest BCUT2D eigenvalue weighted by molar-refractivity contribution is 4.71. The molecule has 0 aliphatic carbocycles. The van der Waals surface area contributed by atoms with Crippen LogP contribution in [0.4, 0.5) is 0 Å². The van der Waals surface area contributed by atoms with Gasteiger partial charge in [-0.3, -0.25) is 0 Å². The molecule has 1 unspecified atom stereocenters. The van der Waals surface area contributed by atoms with Gasteiger partial charge in [-0.2, -0.15) is 5.48 Å². The molecule has 0 aromatic heterocycles. The van der Waals surface area contributed by atoms with E-state index >= 15 is 0 Å². The standard InChI is InChI=1S/C9H20N2O/c1-3-11-7-4-5-9(6-8-11)10-12-2/h9-10H,3-8H2,1-2H3. The highest BCUT2D eigenvalue weighted by Crippen LogP contribution is 2.10. The van der Waals surface area contributed by atoms with Gasteiger partial charge in [-0.1, -0.05) is 6.92 Å². The third kappa shape index (κ3) is 3.09. The Morgan fingerprint density at radius 2 is 2.25 bits per heavy atom. The van der Waals surface area contributed by atoms with E-state index in [9.17, 15) is 0 Å². The van der Waals surface area contributed by atoms with Crippen LogP contribution in [0.3, 0.4) is 0 Å². The fourth-order valence-corrected chi connectivity index (χ4v) is 1.76. The van der Waals surface area contributed by atoms with E-state index in [1.807, 2.05) is 0 Å². The predicted octanol–water partition coefficient (Wildman–Crippen LogP) is 1.01. The van der Waals surface area contributed by atoms with Crippen LogP contribution in [-0.2, 0) is 4.84 Å². The molecule has 1 aliphatic rings. The van der Waals surface area contributed by atoms with E-state index in [2.05, 4.69) is 17.3 Å². The highest BCUT2D eigenvalue weighted by Gasteiger charge is 2.14. The number of hydroxylamine groups is 1. The lowest BCUT2D eigenvalue weighted by molar-refractivity contribution is 0.0562. The van der Waals surface area contributed by atoms with Gasteiger partial charge < -0.3 is 9.74 Å². The molecule has 1 saturated heterocycles. The van der Waals surface area contributed by atoms with Crippen LogP contribution in [-0.4, -0.2) is 37.7 Å². The monoisotopic (exact) mass is 172 g/mol. The molecule has 3 nitrogen and oxygen atoms in total. The largest absolute Gasteiger partial charge is 0.305 e. The van der Waals surface area contributed by atoms with E-state index in [-0.39, 0.29) is 0 Å². The van der Waals surface area contributed by atoms with Gasteiger partial charge >= 0.3 is 0 Å². The lowest BCUT2D eigenvalue weighted by Gasteiger charge is -2.17. The van der Waals surface area contributed by atoms with Crippen molar-refractivity contribution in [2.24, 2.45) is 0 Å². The quantitative estimate of drug-likeness (QED) is 0.643. The molecular formula is C9H20N2O. The van der Waals surface area contributed by atoms with Crippen LogP contribution >= 0.6 is 0 Å². The molecule has 0 amide bonds. The number of nitrogens with one attached hydrogen (secondary N) is 1. The summed E-state index contributed by atoms with van der Waals surface area (Å²) in [5, 5.41) is 0. The first-order chi connectivity index (χ1) is 5.86. The maximum absolute atomic E-state index is 4.94. The van der Waals surface area contributed by atoms with E-state index in [4.69, 9.17) is 4.84 Å². The van der Waals surface area contributed by atoms with Crippen LogP contribution < -0.4 is 5.48 Å². The molecule has 1 fully saturated rings. The molecule has 0 aromatic rings. The lowest BCUT2D eigenvalue weighted by Crippen LogP contribution is -2.30. The Labute approximate surface area is 75.0 Å². The maximum Gasteiger partial charge on any atom is 0.0572 e. The van der Waals surface area contributed by atoms with Crippen LogP contribution in [0.1, 0.15) is 26.2 Å². The van der Waals surface area contributed by atoms with Gasteiger partial charge in [0.2, 0.25) is 0 Å². The number of hydrogen-bond acceptors (Lipinski definition) is 3. The minimum absolute atomic E-state index is 0.562. The molecule has 0 saturated carbocycles. The SMILES string of the molecule is CCN1CCCC(NOC)CC1. The Hall–Kier alpha value is -0.120. The van der Waals surface area contributed by atoms with E-state index < -0.39 is 0 Å². The second kappa shape index (κ2) is 5.51. The third-order valence-electron chi connectivity index (χ3n) is 2.55. The zero-order chi connectivity index (χ0) is 8.81. The summed E-state index contributed by atoms with van der Waals surface area (Å²) in [6.45, 7) is 5.86. The van der Waals surface area contributed by atoms with Gasteiger partial charge in [0.05, 0.1) is 7.11 Å². The molecule has 1 atom stereocenters. The summed E-state index contributed by atoms with van der Waals surface area (Å²) in [5.74, 6) is 0. The normalized spacial score (nSPS) is 27.0. The Balaban J connectivity index is 2.24. The van der Waals surface area contributed by atoms with E-state index in [0.717, 1.165) is 0 Å². The number of rotatable bonds is 3. The molecular weight excluding hydrogens is 152 g/mol. The second-order valence-corrected chi connectivity index (χ2v) is 3.38. The van der Waals surface area contributed by atoms with Crippen LogP contribution in [0, 0.1) is 0 Å². The topological polar surface area (TPSA) is 24.5 Å². The number of likely N-dealkylation sites (tertiary alicyclic amines) is 1. The van der Waals surface area contributed by atoms with E-state index in [1.165, 1.54) is 38.9 Å². The van der Waals surface area contributed by atoms with Crippen molar-refractivity contribution in [3.63, 3.8) is 0 Å². The van der Waals surface area contributed by atoms with Gasteiger partial charge in [0.25, 0.3) is 0 Å². The molecule has 0 radical (unpaired) electrons. The van der Waals surface area contributed by atoms with Gasteiger partial charge in [-0.05, 0) is 38.9 Å². The highest BCUT2D eigenvalue weighted by atomic mass is 16.6. The Morgan fingerprint density at radius 1 is 1.42 bits per heavy atom. The molecule has 1 aliphatic heterocycles. The minimum atomic E-state index is 0.562. The molecule has 72 valence electrons. The van der Waals surface area contributed by atoms with Crippen LogP contribution in [0.15, 0.2) is 0 Å². The van der Waals surface area contributed by atoms with Crippen molar-refractivity contribution in [2.75, 3.05) is 26.7 Å². The summed E-state index contributed by atoms with van der Waals surface area (Å²) < 4.78 is 0. The van der Waals surface area contributed by atoms with E-state index in [1.54, 1.807) is 7.11 Å². The zero-order valence-electron chi connectivity index (χ0n) is 8.18. The fraction of sp³-hybridized carbons (Fsp3) is 1.00. The summed E-state index contributed by atoms with van der Waals surface area (Å²) in [6, 6.07) is 0.562. The smallest absolute Gasteiger partial charge is 0.0572 e. The first kappa shape index (κ1) is 9.96. The van der Waals surface area contributed by atoms with Gasteiger partial charge in [0.15, 0.2) is 0 Å². The molecule has 12 heavy (non-hydrogen) atoms.